The predicted octanol–water partition coefficient (Wildman–Crippen LogP) is 1.45. The van der Waals surface area contributed by atoms with Gasteiger partial charge >= 0.3 is 0 Å². The van der Waals surface area contributed by atoms with E-state index in [0.29, 0.717) is 12.2 Å². The van der Waals surface area contributed by atoms with Crippen LogP contribution in [0.3, 0.4) is 0 Å². The highest BCUT2D eigenvalue weighted by atomic mass is 16.5. The van der Waals surface area contributed by atoms with Crippen LogP contribution in [0.2, 0.25) is 0 Å². The topological polar surface area (TPSA) is 70.7 Å². The number of piperidine rings is 1. The van der Waals surface area contributed by atoms with Crippen molar-refractivity contribution in [3.63, 3.8) is 0 Å². The van der Waals surface area contributed by atoms with Gasteiger partial charge in [0.05, 0.1) is 0 Å². The molecular weight excluding hydrogens is 306 g/mol. The number of hydrogen-bond donors (Lipinski definition) is 2. The van der Waals surface area contributed by atoms with E-state index in [2.05, 4.69) is 17.6 Å². The van der Waals surface area contributed by atoms with Gasteiger partial charge in [0, 0.05) is 36.8 Å². The third-order valence-electron chi connectivity index (χ3n) is 4.68. The first-order valence-corrected chi connectivity index (χ1v) is 8.69. The molecule has 2 fully saturated rings. The Kier molecular flexibility index (Phi) is 5.35. The zero-order valence-electron chi connectivity index (χ0n) is 14.1. The minimum Gasteiger partial charge on any atom is -0.484 e. The van der Waals surface area contributed by atoms with Gasteiger partial charge in [-0.3, -0.25) is 9.59 Å². The van der Waals surface area contributed by atoms with Gasteiger partial charge in [-0.2, -0.15) is 0 Å². The van der Waals surface area contributed by atoms with Crippen LogP contribution in [0.15, 0.2) is 24.3 Å². The normalized spacial score (nSPS) is 24.0. The summed E-state index contributed by atoms with van der Waals surface area (Å²) >= 11 is 0. The van der Waals surface area contributed by atoms with Crippen LogP contribution in [0.1, 0.15) is 32.6 Å². The lowest BCUT2D eigenvalue weighted by Gasteiger charge is -2.30. The van der Waals surface area contributed by atoms with Crippen LogP contribution < -0.4 is 20.3 Å². The van der Waals surface area contributed by atoms with E-state index in [1.807, 2.05) is 24.3 Å². The molecular formula is C18H25N3O3. The lowest BCUT2D eigenvalue weighted by Crippen LogP contribution is -2.52. The number of hydrogen-bond acceptors (Lipinski definition) is 4. The molecule has 0 aromatic heterocycles. The maximum atomic E-state index is 12.1. The molecule has 1 aromatic carbocycles. The summed E-state index contributed by atoms with van der Waals surface area (Å²) in [5, 5.41) is 6.39. The highest BCUT2D eigenvalue weighted by Gasteiger charge is 2.23. The van der Waals surface area contributed by atoms with Crippen molar-refractivity contribution in [3.05, 3.63) is 24.3 Å². The molecule has 2 atom stereocenters. The average Bonchev–Trinajstić information content (AvgIpc) is 3.01. The van der Waals surface area contributed by atoms with E-state index in [0.717, 1.165) is 38.0 Å². The van der Waals surface area contributed by atoms with Crippen LogP contribution in [-0.4, -0.2) is 43.6 Å². The van der Waals surface area contributed by atoms with E-state index in [-0.39, 0.29) is 30.5 Å². The number of benzene rings is 1. The molecule has 2 N–H and O–H groups in total. The van der Waals surface area contributed by atoms with Gasteiger partial charge in [0.15, 0.2) is 6.61 Å². The second kappa shape index (κ2) is 7.66. The number of amides is 2. The minimum atomic E-state index is -0.113. The fourth-order valence-corrected chi connectivity index (χ4v) is 3.30. The number of carbonyl (C=O) groups excluding carboxylic acids is 2. The van der Waals surface area contributed by atoms with Crippen molar-refractivity contribution in [1.29, 1.82) is 0 Å². The van der Waals surface area contributed by atoms with Gasteiger partial charge in [-0.25, -0.2) is 0 Å². The monoisotopic (exact) mass is 331 g/mol. The molecule has 0 radical (unpaired) electrons. The number of rotatable bonds is 5. The largest absolute Gasteiger partial charge is 0.484 e. The molecule has 2 saturated heterocycles. The molecule has 24 heavy (non-hydrogen) atoms. The third kappa shape index (κ3) is 4.06. The molecule has 2 aliphatic rings. The van der Waals surface area contributed by atoms with E-state index >= 15 is 0 Å². The lowest BCUT2D eigenvalue weighted by molar-refractivity contribution is -0.124. The Hall–Kier alpha value is -2.08. The first-order chi connectivity index (χ1) is 11.6. The molecule has 6 nitrogen and oxygen atoms in total. The summed E-state index contributed by atoms with van der Waals surface area (Å²) < 4.78 is 5.61. The molecule has 1 aromatic rings. The number of nitrogens with zero attached hydrogens (tertiary/aromatic N) is 1. The van der Waals surface area contributed by atoms with Gasteiger partial charge in [-0.1, -0.05) is 6.07 Å². The molecule has 0 spiro atoms. The Morgan fingerprint density at radius 1 is 1.42 bits per heavy atom. The zero-order chi connectivity index (χ0) is 16.9. The molecule has 0 saturated carbocycles. The van der Waals surface area contributed by atoms with Crippen LogP contribution in [0.4, 0.5) is 5.69 Å². The van der Waals surface area contributed by atoms with Crippen LogP contribution in [0.5, 0.6) is 5.75 Å². The van der Waals surface area contributed by atoms with E-state index in [1.54, 1.807) is 4.90 Å². The molecule has 130 valence electrons. The number of nitrogens with one attached hydrogen (secondary N) is 2. The van der Waals surface area contributed by atoms with Crippen molar-refractivity contribution >= 4 is 17.5 Å². The van der Waals surface area contributed by atoms with Gasteiger partial charge in [-0.05, 0) is 44.9 Å². The highest BCUT2D eigenvalue weighted by Crippen LogP contribution is 2.25. The summed E-state index contributed by atoms with van der Waals surface area (Å²) in [4.78, 5) is 25.7. The fraction of sp³-hybridized carbons (Fsp3) is 0.556. The summed E-state index contributed by atoms with van der Waals surface area (Å²) in [5.74, 6) is 0.638. The third-order valence-corrected chi connectivity index (χ3v) is 4.68. The van der Waals surface area contributed by atoms with E-state index in [9.17, 15) is 9.59 Å². The van der Waals surface area contributed by atoms with Crippen molar-refractivity contribution in [3.8, 4) is 5.75 Å². The van der Waals surface area contributed by atoms with Crippen LogP contribution in [0, 0.1) is 0 Å². The van der Waals surface area contributed by atoms with Crippen molar-refractivity contribution < 1.29 is 14.3 Å². The fourth-order valence-electron chi connectivity index (χ4n) is 3.30. The van der Waals surface area contributed by atoms with Gasteiger partial charge in [0.25, 0.3) is 5.91 Å². The quantitative estimate of drug-likeness (QED) is 0.857. The smallest absolute Gasteiger partial charge is 0.258 e. The molecule has 2 unspecified atom stereocenters. The van der Waals surface area contributed by atoms with Crippen LogP contribution in [-0.2, 0) is 9.59 Å². The maximum Gasteiger partial charge on any atom is 0.258 e. The van der Waals surface area contributed by atoms with E-state index < -0.39 is 0 Å². The minimum absolute atomic E-state index is 0.0133. The molecule has 2 aliphatic heterocycles. The summed E-state index contributed by atoms with van der Waals surface area (Å²) in [7, 11) is 0. The average molecular weight is 331 g/mol. The zero-order valence-corrected chi connectivity index (χ0v) is 14.1. The Morgan fingerprint density at radius 2 is 2.29 bits per heavy atom. The standard InChI is InChI=1S/C18H25N3O3/c1-13-16(7-3-9-19-13)20-17(22)12-24-15-6-2-5-14(11-15)21-10-4-8-18(21)23/h2,5-6,11,13,16,19H,3-4,7-10,12H2,1H3,(H,20,22). The molecule has 0 bridgehead atoms. The summed E-state index contributed by atoms with van der Waals surface area (Å²) in [6, 6.07) is 7.81. The Balaban J connectivity index is 1.52. The molecule has 3 rings (SSSR count). The van der Waals surface area contributed by atoms with E-state index in [1.165, 1.54) is 0 Å². The van der Waals surface area contributed by atoms with Crippen molar-refractivity contribution in [2.24, 2.45) is 0 Å². The summed E-state index contributed by atoms with van der Waals surface area (Å²) in [5.41, 5.74) is 0.834. The molecule has 2 amide bonds. The second-order valence-corrected chi connectivity index (χ2v) is 6.49. The Morgan fingerprint density at radius 3 is 3.04 bits per heavy atom. The van der Waals surface area contributed by atoms with E-state index in [4.69, 9.17) is 4.74 Å². The molecule has 0 aliphatic carbocycles. The van der Waals surface area contributed by atoms with Crippen molar-refractivity contribution in [1.82, 2.24) is 10.6 Å². The van der Waals surface area contributed by atoms with Gasteiger partial charge in [0.1, 0.15) is 5.75 Å². The second-order valence-electron chi connectivity index (χ2n) is 6.49. The predicted molar refractivity (Wildman–Crippen MR) is 92.2 cm³/mol. The maximum absolute atomic E-state index is 12.1. The number of anilines is 1. The van der Waals surface area contributed by atoms with Crippen LogP contribution >= 0.6 is 0 Å². The van der Waals surface area contributed by atoms with Crippen molar-refractivity contribution in [2.75, 3.05) is 24.6 Å². The van der Waals surface area contributed by atoms with Crippen molar-refractivity contribution in [2.45, 2.75) is 44.7 Å². The SMILES string of the molecule is CC1NCCCC1NC(=O)COc1cccc(N2CCCC2=O)c1. The Bertz CT molecular complexity index is 605. The lowest BCUT2D eigenvalue weighted by atomic mass is 10.00. The highest BCUT2D eigenvalue weighted by molar-refractivity contribution is 5.95. The first kappa shape index (κ1) is 16.8. The summed E-state index contributed by atoms with van der Waals surface area (Å²) in [6.45, 7) is 3.82. The van der Waals surface area contributed by atoms with Crippen LogP contribution in [0.25, 0.3) is 0 Å². The summed E-state index contributed by atoms with van der Waals surface area (Å²) in [6.07, 6.45) is 3.55. The Labute approximate surface area is 142 Å². The van der Waals surface area contributed by atoms with Gasteiger partial charge in [-0.15, -0.1) is 0 Å². The first-order valence-electron chi connectivity index (χ1n) is 8.69. The molecule has 2 heterocycles. The van der Waals surface area contributed by atoms with Gasteiger partial charge < -0.3 is 20.3 Å². The number of ether oxygens (including phenoxy) is 1. The molecule has 6 heteroatoms. The number of carbonyl (C=O) groups is 2. The van der Waals surface area contributed by atoms with Gasteiger partial charge in [0.2, 0.25) is 5.91 Å².